The number of aliphatic hydroxyl groups excluding tert-OH is 1. The van der Waals surface area contributed by atoms with E-state index in [9.17, 15) is 15.2 Å². The van der Waals surface area contributed by atoms with E-state index in [1.807, 2.05) is 35.2 Å². The first-order chi connectivity index (χ1) is 8.16. The minimum absolute atomic E-state index is 0.322. The average Bonchev–Trinajstić information content (AvgIpc) is 2.32. The summed E-state index contributed by atoms with van der Waals surface area (Å²) in [4.78, 5) is 12.4. The highest BCUT2D eigenvalue weighted by Crippen LogP contribution is 2.16. The van der Waals surface area contributed by atoms with Crippen LogP contribution >= 0.6 is 0 Å². The molecule has 92 valence electrons. The summed E-state index contributed by atoms with van der Waals surface area (Å²) < 4.78 is 0. The van der Waals surface area contributed by atoms with E-state index in [1.54, 1.807) is 0 Å². The fraction of sp³-hybridized carbons (Fsp3) is 0.500. The Balaban J connectivity index is 1.97. The Morgan fingerprint density at radius 1 is 1.41 bits per heavy atom. The maximum Gasteiger partial charge on any atom is 0.251 e. The van der Waals surface area contributed by atoms with Crippen LogP contribution in [0.5, 0.6) is 0 Å². The van der Waals surface area contributed by atoms with Gasteiger partial charge in [0, 0.05) is 18.0 Å². The molecule has 0 aromatic heterocycles. The summed E-state index contributed by atoms with van der Waals surface area (Å²) in [6.07, 6.45) is -0.338. The first kappa shape index (κ1) is 12.0. The van der Waals surface area contributed by atoms with Crippen molar-refractivity contribution >= 4 is 0 Å². The Labute approximate surface area is 99.8 Å². The Hall–Kier alpha value is -1.46. The van der Waals surface area contributed by atoms with E-state index in [1.165, 1.54) is 0 Å². The van der Waals surface area contributed by atoms with Crippen molar-refractivity contribution in [2.75, 3.05) is 13.1 Å². The van der Waals surface area contributed by atoms with E-state index < -0.39 is 12.1 Å². The standard InChI is InChI=1S/C12H16N2O3/c15-12-6-7-13(9-11(12)14(16)17)8-10-4-2-1-3-5-10/h1-5,11-12,15H,6-9H2/t11-,12-/m1/s1. The molecule has 2 atom stereocenters. The van der Waals surface area contributed by atoms with Crippen LogP contribution in [-0.2, 0) is 6.54 Å². The van der Waals surface area contributed by atoms with E-state index in [0.29, 0.717) is 26.1 Å². The van der Waals surface area contributed by atoms with Crippen molar-refractivity contribution in [1.82, 2.24) is 4.90 Å². The van der Waals surface area contributed by atoms with Crippen LogP contribution < -0.4 is 0 Å². The van der Waals surface area contributed by atoms with Crippen molar-refractivity contribution in [3.63, 3.8) is 0 Å². The van der Waals surface area contributed by atoms with Gasteiger partial charge >= 0.3 is 0 Å². The molecule has 0 radical (unpaired) electrons. The van der Waals surface area contributed by atoms with Gasteiger partial charge in [-0.05, 0) is 12.0 Å². The molecule has 5 heteroatoms. The molecule has 2 rings (SSSR count). The third-order valence-corrected chi connectivity index (χ3v) is 3.15. The number of nitrogens with zero attached hydrogens (tertiary/aromatic N) is 2. The monoisotopic (exact) mass is 236 g/mol. The molecule has 5 nitrogen and oxygen atoms in total. The molecule has 17 heavy (non-hydrogen) atoms. The lowest BCUT2D eigenvalue weighted by Crippen LogP contribution is -2.49. The number of hydrogen-bond donors (Lipinski definition) is 1. The second-order valence-corrected chi connectivity index (χ2v) is 4.43. The summed E-state index contributed by atoms with van der Waals surface area (Å²) in [6.45, 7) is 1.74. The van der Waals surface area contributed by atoms with Crippen LogP contribution in [0.3, 0.4) is 0 Å². The first-order valence-electron chi connectivity index (χ1n) is 5.74. The number of hydrogen-bond acceptors (Lipinski definition) is 4. The Morgan fingerprint density at radius 3 is 2.76 bits per heavy atom. The Bertz CT molecular complexity index is 383. The number of benzene rings is 1. The summed E-state index contributed by atoms with van der Waals surface area (Å²) in [5, 5.41) is 20.3. The van der Waals surface area contributed by atoms with E-state index in [-0.39, 0.29) is 4.92 Å². The molecule has 0 aliphatic carbocycles. The fourth-order valence-electron chi connectivity index (χ4n) is 2.18. The molecular formula is C12H16N2O3. The minimum atomic E-state index is -0.854. The summed E-state index contributed by atoms with van der Waals surface area (Å²) in [7, 11) is 0. The van der Waals surface area contributed by atoms with Gasteiger partial charge in [-0.3, -0.25) is 15.0 Å². The van der Waals surface area contributed by atoms with Gasteiger partial charge in [0.15, 0.2) is 0 Å². The number of rotatable bonds is 3. The second kappa shape index (κ2) is 5.25. The van der Waals surface area contributed by atoms with Gasteiger partial charge in [-0.15, -0.1) is 0 Å². The zero-order chi connectivity index (χ0) is 12.3. The lowest BCUT2D eigenvalue weighted by Gasteiger charge is -2.31. The maximum atomic E-state index is 10.8. The minimum Gasteiger partial charge on any atom is -0.386 e. The molecule has 0 saturated carbocycles. The molecule has 1 aliphatic heterocycles. The van der Waals surface area contributed by atoms with Crippen molar-refractivity contribution in [3.05, 3.63) is 46.0 Å². The summed E-state index contributed by atoms with van der Waals surface area (Å²) >= 11 is 0. The zero-order valence-electron chi connectivity index (χ0n) is 9.53. The van der Waals surface area contributed by atoms with Crippen LogP contribution in [0, 0.1) is 10.1 Å². The average molecular weight is 236 g/mol. The lowest BCUT2D eigenvalue weighted by atomic mass is 10.0. The van der Waals surface area contributed by atoms with Crippen LogP contribution in [0.15, 0.2) is 30.3 Å². The van der Waals surface area contributed by atoms with E-state index >= 15 is 0 Å². The topological polar surface area (TPSA) is 66.6 Å². The molecule has 1 aromatic carbocycles. The van der Waals surface area contributed by atoms with Gasteiger partial charge in [0.2, 0.25) is 0 Å². The van der Waals surface area contributed by atoms with E-state index in [4.69, 9.17) is 0 Å². The molecule has 1 aliphatic rings. The molecule has 1 saturated heterocycles. The maximum absolute atomic E-state index is 10.8. The van der Waals surface area contributed by atoms with Gasteiger partial charge in [-0.1, -0.05) is 30.3 Å². The van der Waals surface area contributed by atoms with Crippen LogP contribution in [0.2, 0.25) is 0 Å². The second-order valence-electron chi connectivity index (χ2n) is 4.43. The SMILES string of the molecule is O=[N+]([O-])[C@@H]1CN(Cc2ccccc2)CC[C@H]1O. The Kier molecular flexibility index (Phi) is 3.71. The quantitative estimate of drug-likeness (QED) is 0.625. The van der Waals surface area contributed by atoms with Crippen LogP contribution in [0.25, 0.3) is 0 Å². The molecule has 1 N–H and O–H groups in total. The van der Waals surface area contributed by atoms with Crippen molar-refractivity contribution in [3.8, 4) is 0 Å². The highest BCUT2D eigenvalue weighted by Gasteiger charge is 2.35. The normalized spacial score (nSPS) is 25.7. The highest BCUT2D eigenvalue weighted by atomic mass is 16.6. The molecular weight excluding hydrogens is 220 g/mol. The zero-order valence-corrected chi connectivity index (χ0v) is 9.53. The predicted molar refractivity (Wildman–Crippen MR) is 63.1 cm³/mol. The number of nitro groups is 1. The van der Waals surface area contributed by atoms with Crippen molar-refractivity contribution in [2.45, 2.75) is 25.1 Å². The predicted octanol–water partition coefficient (Wildman–Crippen LogP) is 0.898. The van der Waals surface area contributed by atoms with Crippen molar-refractivity contribution in [1.29, 1.82) is 0 Å². The molecule has 1 aromatic rings. The number of likely N-dealkylation sites (tertiary alicyclic amines) is 1. The van der Waals surface area contributed by atoms with Crippen molar-refractivity contribution in [2.24, 2.45) is 0 Å². The smallest absolute Gasteiger partial charge is 0.251 e. The molecule has 0 spiro atoms. The first-order valence-corrected chi connectivity index (χ1v) is 5.74. The molecule has 1 heterocycles. The molecule has 1 fully saturated rings. The lowest BCUT2D eigenvalue weighted by molar-refractivity contribution is -0.538. The fourth-order valence-corrected chi connectivity index (χ4v) is 2.18. The molecule has 0 unspecified atom stereocenters. The summed E-state index contributed by atoms with van der Waals surface area (Å²) in [6, 6.07) is 9.02. The van der Waals surface area contributed by atoms with Gasteiger partial charge in [0.1, 0.15) is 6.10 Å². The third kappa shape index (κ3) is 3.01. The van der Waals surface area contributed by atoms with E-state index in [0.717, 1.165) is 5.56 Å². The largest absolute Gasteiger partial charge is 0.386 e. The van der Waals surface area contributed by atoms with E-state index in [2.05, 4.69) is 0 Å². The summed E-state index contributed by atoms with van der Waals surface area (Å²) in [5.74, 6) is 0. The van der Waals surface area contributed by atoms with Gasteiger partial charge in [-0.25, -0.2) is 0 Å². The number of piperidine rings is 1. The van der Waals surface area contributed by atoms with Gasteiger partial charge in [0.05, 0.1) is 6.54 Å². The Morgan fingerprint density at radius 2 is 2.12 bits per heavy atom. The summed E-state index contributed by atoms with van der Waals surface area (Å²) in [5.41, 5.74) is 1.14. The van der Waals surface area contributed by atoms with Gasteiger partial charge in [-0.2, -0.15) is 0 Å². The van der Waals surface area contributed by atoms with Crippen LogP contribution in [-0.4, -0.2) is 40.2 Å². The number of aliphatic hydroxyl groups is 1. The van der Waals surface area contributed by atoms with Gasteiger partial charge in [0.25, 0.3) is 6.04 Å². The molecule has 0 bridgehead atoms. The van der Waals surface area contributed by atoms with Gasteiger partial charge < -0.3 is 5.11 Å². The van der Waals surface area contributed by atoms with Crippen molar-refractivity contribution < 1.29 is 10.0 Å². The van der Waals surface area contributed by atoms with Crippen LogP contribution in [0.4, 0.5) is 0 Å². The van der Waals surface area contributed by atoms with Crippen LogP contribution in [0.1, 0.15) is 12.0 Å². The third-order valence-electron chi connectivity index (χ3n) is 3.15. The molecule has 0 amide bonds. The highest BCUT2D eigenvalue weighted by molar-refractivity contribution is 5.14.